The van der Waals surface area contributed by atoms with E-state index in [1.54, 1.807) is 6.20 Å². The fourth-order valence-electron chi connectivity index (χ4n) is 3.61. The van der Waals surface area contributed by atoms with E-state index in [2.05, 4.69) is 26.8 Å². The summed E-state index contributed by atoms with van der Waals surface area (Å²) in [6, 6.07) is 10.4. The Hall–Kier alpha value is -2.89. The highest BCUT2D eigenvalue weighted by Gasteiger charge is 2.30. The van der Waals surface area contributed by atoms with Crippen molar-refractivity contribution < 1.29 is 4.79 Å². The Morgan fingerprint density at radius 2 is 2.12 bits per heavy atom. The highest BCUT2D eigenvalue weighted by Crippen LogP contribution is 2.22. The molecule has 6 heteroatoms. The smallest absolute Gasteiger partial charge is 0.257 e. The number of hydrogen-bond acceptors (Lipinski definition) is 3. The lowest BCUT2D eigenvalue weighted by atomic mass is 10.2. The predicted octanol–water partition coefficient (Wildman–Crippen LogP) is 2.74. The van der Waals surface area contributed by atoms with Crippen LogP contribution in [-0.4, -0.2) is 42.7 Å². The second-order valence-corrected chi connectivity index (χ2v) is 6.83. The zero-order valence-corrected chi connectivity index (χ0v) is 15.0. The number of likely N-dealkylation sites (tertiary alicyclic amines) is 1. The lowest BCUT2D eigenvalue weighted by molar-refractivity contribution is 0.0723. The van der Waals surface area contributed by atoms with E-state index in [9.17, 15) is 4.79 Å². The summed E-state index contributed by atoms with van der Waals surface area (Å²) in [6.45, 7) is 4.28. The third-order valence-electron chi connectivity index (χ3n) is 5.04. The quantitative estimate of drug-likeness (QED) is 0.712. The van der Waals surface area contributed by atoms with E-state index in [1.807, 2.05) is 53.3 Å². The van der Waals surface area contributed by atoms with Gasteiger partial charge < -0.3 is 9.47 Å². The molecule has 3 heterocycles. The number of amides is 1. The van der Waals surface area contributed by atoms with Crippen LogP contribution in [0.15, 0.2) is 55.1 Å². The first-order valence-electron chi connectivity index (χ1n) is 9.06. The molecule has 1 aliphatic heterocycles. The number of aromatic nitrogens is 4. The molecule has 4 rings (SSSR count). The van der Waals surface area contributed by atoms with Crippen LogP contribution < -0.4 is 0 Å². The summed E-state index contributed by atoms with van der Waals surface area (Å²) in [5.74, 6) is 1.06. The van der Waals surface area contributed by atoms with Crippen molar-refractivity contribution in [3.05, 3.63) is 72.1 Å². The summed E-state index contributed by atoms with van der Waals surface area (Å²) >= 11 is 0. The summed E-state index contributed by atoms with van der Waals surface area (Å²) in [5.41, 5.74) is 1.83. The van der Waals surface area contributed by atoms with Gasteiger partial charge in [0.05, 0.1) is 24.3 Å². The normalized spacial score (nSPS) is 17.0. The van der Waals surface area contributed by atoms with Crippen molar-refractivity contribution in [2.75, 3.05) is 6.54 Å². The minimum absolute atomic E-state index is 0.0737. The van der Waals surface area contributed by atoms with Gasteiger partial charge in [-0.2, -0.15) is 5.10 Å². The van der Waals surface area contributed by atoms with E-state index in [1.165, 1.54) is 5.56 Å². The Bertz CT molecular complexity index is 883. The average Bonchev–Trinajstić information content (AvgIpc) is 3.38. The van der Waals surface area contributed by atoms with Crippen LogP contribution in [-0.2, 0) is 13.1 Å². The molecular formula is C20H23N5O. The fourth-order valence-corrected chi connectivity index (χ4v) is 3.61. The fraction of sp³-hybridized carbons (Fsp3) is 0.350. The Balaban J connectivity index is 1.46. The molecule has 0 bridgehead atoms. The second kappa shape index (κ2) is 7.15. The predicted molar refractivity (Wildman–Crippen MR) is 98.8 cm³/mol. The van der Waals surface area contributed by atoms with Crippen LogP contribution >= 0.6 is 0 Å². The van der Waals surface area contributed by atoms with Gasteiger partial charge in [-0.15, -0.1) is 0 Å². The monoisotopic (exact) mass is 349 g/mol. The maximum absolute atomic E-state index is 13.0. The van der Waals surface area contributed by atoms with Crippen LogP contribution in [0, 0.1) is 6.92 Å². The van der Waals surface area contributed by atoms with Crippen molar-refractivity contribution in [1.82, 2.24) is 24.2 Å². The second-order valence-electron chi connectivity index (χ2n) is 6.83. The molecule has 134 valence electrons. The lowest BCUT2D eigenvalue weighted by Crippen LogP contribution is -2.38. The van der Waals surface area contributed by atoms with Crippen LogP contribution in [0.4, 0.5) is 0 Å². The molecule has 6 nitrogen and oxygen atoms in total. The van der Waals surface area contributed by atoms with Gasteiger partial charge in [0.15, 0.2) is 0 Å². The lowest BCUT2D eigenvalue weighted by Gasteiger charge is -2.25. The van der Waals surface area contributed by atoms with E-state index >= 15 is 0 Å². The molecule has 1 atom stereocenters. The van der Waals surface area contributed by atoms with E-state index in [0.717, 1.165) is 31.8 Å². The summed E-state index contributed by atoms with van der Waals surface area (Å²) in [6.07, 6.45) is 9.40. The van der Waals surface area contributed by atoms with Gasteiger partial charge in [-0.05, 0) is 25.3 Å². The summed E-state index contributed by atoms with van der Waals surface area (Å²) in [5, 5.41) is 4.37. The van der Waals surface area contributed by atoms with Crippen LogP contribution in [0.25, 0.3) is 0 Å². The topological polar surface area (TPSA) is 56.0 Å². The molecule has 2 aromatic heterocycles. The summed E-state index contributed by atoms with van der Waals surface area (Å²) < 4.78 is 3.95. The number of benzene rings is 1. The minimum Gasteiger partial charge on any atom is -0.334 e. The number of rotatable bonds is 5. The van der Waals surface area contributed by atoms with E-state index < -0.39 is 0 Å². The van der Waals surface area contributed by atoms with E-state index in [4.69, 9.17) is 0 Å². The number of carbonyl (C=O) groups excluding carboxylic acids is 1. The molecule has 1 aliphatic rings. The highest BCUT2D eigenvalue weighted by atomic mass is 16.2. The van der Waals surface area contributed by atoms with Gasteiger partial charge in [0.25, 0.3) is 5.91 Å². The SMILES string of the molecule is Cc1nccn1CC1CCCN1C(=O)c1cnn(Cc2ccccc2)c1. The van der Waals surface area contributed by atoms with Gasteiger partial charge in [0, 0.05) is 31.7 Å². The number of hydrogen-bond donors (Lipinski definition) is 0. The van der Waals surface area contributed by atoms with E-state index in [0.29, 0.717) is 12.1 Å². The van der Waals surface area contributed by atoms with Crippen LogP contribution in [0.1, 0.15) is 34.6 Å². The molecule has 0 aliphatic carbocycles. The number of imidazole rings is 1. The van der Waals surface area contributed by atoms with Gasteiger partial charge in [-0.3, -0.25) is 9.48 Å². The molecule has 0 radical (unpaired) electrons. The molecular weight excluding hydrogens is 326 g/mol. The van der Waals surface area contributed by atoms with Gasteiger partial charge in [-0.25, -0.2) is 4.98 Å². The Morgan fingerprint density at radius 3 is 2.88 bits per heavy atom. The molecule has 1 unspecified atom stereocenters. The number of carbonyl (C=O) groups is 1. The minimum atomic E-state index is 0.0737. The molecule has 1 aromatic carbocycles. The standard InChI is InChI=1S/C20H23N5O/c1-16-21-9-11-23(16)15-19-8-5-10-25(19)20(26)18-12-22-24(14-18)13-17-6-3-2-4-7-17/h2-4,6-7,9,11-12,14,19H,5,8,10,13,15H2,1H3. The first-order chi connectivity index (χ1) is 12.7. The zero-order chi connectivity index (χ0) is 17.9. The van der Waals surface area contributed by atoms with Crippen LogP contribution in [0.5, 0.6) is 0 Å². The highest BCUT2D eigenvalue weighted by molar-refractivity contribution is 5.94. The maximum Gasteiger partial charge on any atom is 0.257 e. The number of nitrogens with zero attached hydrogens (tertiary/aromatic N) is 5. The molecule has 0 spiro atoms. The summed E-state index contributed by atoms with van der Waals surface area (Å²) in [7, 11) is 0. The summed E-state index contributed by atoms with van der Waals surface area (Å²) in [4.78, 5) is 19.2. The molecule has 26 heavy (non-hydrogen) atoms. The van der Waals surface area contributed by atoms with Gasteiger partial charge in [0.2, 0.25) is 0 Å². The average molecular weight is 349 g/mol. The van der Waals surface area contributed by atoms with Gasteiger partial charge in [0.1, 0.15) is 5.82 Å². The maximum atomic E-state index is 13.0. The van der Waals surface area contributed by atoms with Crippen molar-refractivity contribution in [2.45, 2.75) is 38.9 Å². The molecule has 1 amide bonds. The van der Waals surface area contributed by atoms with Crippen molar-refractivity contribution in [3.63, 3.8) is 0 Å². The Kier molecular flexibility index (Phi) is 4.56. The van der Waals surface area contributed by atoms with Crippen LogP contribution in [0.3, 0.4) is 0 Å². The molecule has 3 aromatic rings. The van der Waals surface area contributed by atoms with Crippen molar-refractivity contribution in [1.29, 1.82) is 0 Å². The van der Waals surface area contributed by atoms with Gasteiger partial charge in [-0.1, -0.05) is 30.3 Å². The molecule has 1 fully saturated rings. The molecule has 0 N–H and O–H groups in total. The first kappa shape index (κ1) is 16.6. The van der Waals surface area contributed by atoms with Gasteiger partial charge >= 0.3 is 0 Å². The van der Waals surface area contributed by atoms with Crippen LogP contribution in [0.2, 0.25) is 0 Å². The third kappa shape index (κ3) is 3.40. The Labute approximate surface area is 153 Å². The first-order valence-corrected chi connectivity index (χ1v) is 9.06. The molecule has 0 saturated carbocycles. The van der Waals surface area contributed by atoms with Crippen molar-refractivity contribution in [2.24, 2.45) is 0 Å². The largest absolute Gasteiger partial charge is 0.334 e. The Morgan fingerprint density at radius 1 is 1.27 bits per heavy atom. The van der Waals surface area contributed by atoms with E-state index in [-0.39, 0.29) is 11.9 Å². The van der Waals surface area contributed by atoms with Crippen molar-refractivity contribution >= 4 is 5.91 Å². The molecule has 1 saturated heterocycles. The third-order valence-corrected chi connectivity index (χ3v) is 5.04. The zero-order valence-electron chi connectivity index (χ0n) is 15.0. The number of aryl methyl sites for hydroxylation is 1. The van der Waals surface area contributed by atoms with Crippen molar-refractivity contribution in [3.8, 4) is 0 Å².